The van der Waals surface area contributed by atoms with E-state index in [1.54, 1.807) is 0 Å². The van der Waals surface area contributed by atoms with Crippen molar-refractivity contribution in [1.29, 1.82) is 0 Å². The van der Waals surface area contributed by atoms with Crippen LogP contribution in [0.2, 0.25) is 0 Å². The van der Waals surface area contributed by atoms with Gasteiger partial charge in [-0.05, 0) is 32.2 Å². The average Bonchev–Trinajstić information content (AvgIpc) is 2.75. The highest BCUT2D eigenvalue weighted by molar-refractivity contribution is 5.84. The molecule has 4 nitrogen and oxygen atoms in total. The van der Waals surface area contributed by atoms with E-state index in [0.717, 1.165) is 38.8 Å². The largest absolute Gasteiger partial charge is 0.396 e. The van der Waals surface area contributed by atoms with Gasteiger partial charge in [-0.15, -0.1) is 0 Å². The summed E-state index contributed by atoms with van der Waals surface area (Å²) in [5.41, 5.74) is -0.116. The maximum Gasteiger partial charge on any atom is 0.239 e. The van der Waals surface area contributed by atoms with Gasteiger partial charge in [-0.2, -0.15) is 0 Å². The lowest BCUT2D eigenvalue weighted by atomic mass is 9.83. The summed E-state index contributed by atoms with van der Waals surface area (Å²) in [5, 5.41) is 12.9. The zero-order valence-electron chi connectivity index (χ0n) is 12.0. The molecule has 0 radical (unpaired) electrons. The summed E-state index contributed by atoms with van der Waals surface area (Å²) in [6.45, 7) is 8.87. The smallest absolute Gasteiger partial charge is 0.239 e. The van der Waals surface area contributed by atoms with Gasteiger partial charge in [0, 0.05) is 18.5 Å². The minimum atomic E-state index is -0.116. The second-order valence-corrected chi connectivity index (χ2v) is 5.42. The molecule has 18 heavy (non-hydrogen) atoms. The molecule has 2 N–H and O–H groups in total. The van der Waals surface area contributed by atoms with Crippen molar-refractivity contribution in [3.63, 3.8) is 0 Å². The van der Waals surface area contributed by atoms with E-state index in [1.165, 1.54) is 0 Å². The minimum Gasteiger partial charge on any atom is -0.396 e. The summed E-state index contributed by atoms with van der Waals surface area (Å²) < 4.78 is 0. The Bertz CT molecular complexity index is 256. The molecular formula is C14H28N2O2. The lowest BCUT2D eigenvalue weighted by molar-refractivity contribution is -0.131. The van der Waals surface area contributed by atoms with Crippen LogP contribution in [0.25, 0.3) is 0 Å². The number of amides is 1. The van der Waals surface area contributed by atoms with E-state index in [0.29, 0.717) is 6.54 Å². The maximum atomic E-state index is 12.2. The molecule has 1 fully saturated rings. The quantitative estimate of drug-likeness (QED) is 0.690. The van der Waals surface area contributed by atoms with Crippen LogP contribution in [-0.4, -0.2) is 48.2 Å². The maximum absolute atomic E-state index is 12.2. The molecule has 4 heteroatoms. The van der Waals surface area contributed by atoms with Crippen LogP contribution in [0.1, 0.15) is 46.5 Å². The number of nitrogens with zero attached hydrogens (tertiary/aromatic N) is 1. The van der Waals surface area contributed by atoms with E-state index in [2.05, 4.69) is 26.1 Å². The van der Waals surface area contributed by atoms with E-state index in [1.807, 2.05) is 4.90 Å². The summed E-state index contributed by atoms with van der Waals surface area (Å²) in [4.78, 5) is 14.1. The summed E-state index contributed by atoms with van der Waals surface area (Å²) >= 11 is 0. The van der Waals surface area contributed by atoms with Crippen LogP contribution in [-0.2, 0) is 4.79 Å². The van der Waals surface area contributed by atoms with E-state index in [4.69, 9.17) is 0 Å². The number of hydrogen-bond donors (Lipinski definition) is 2. The fourth-order valence-electron chi connectivity index (χ4n) is 2.56. The van der Waals surface area contributed by atoms with Crippen LogP contribution in [0.3, 0.4) is 0 Å². The molecule has 1 saturated heterocycles. The Kier molecular flexibility index (Phi) is 6.09. The number of aliphatic hydroxyl groups excluding tert-OH is 1. The van der Waals surface area contributed by atoms with Crippen molar-refractivity contribution in [1.82, 2.24) is 10.2 Å². The van der Waals surface area contributed by atoms with Crippen LogP contribution in [0.15, 0.2) is 0 Å². The first-order valence-corrected chi connectivity index (χ1v) is 7.25. The Hall–Kier alpha value is -0.610. The summed E-state index contributed by atoms with van der Waals surface area (Å²) in [6.07, 6.45) is 3.77. The Morgan fingerprint density at radius 2 is 2.06 bits per heavy atom. The van der Waals surface area contributed by atoms with Crippen molar-refractivity contribution in [3.05, 3.63) is 0 Å². The predicted molar refractivity (Wildman–Crippen MR) is 73.4 cm³/mol. The molecule has 1 aliphatic heterocycles. The molecule has 0 saturated carbocycles. The Labute approximate surface area is 111 Å². The van der Waals surface area contributed by atoms with Crippen LogP contribution in [0, 0.1) is 5.41 Å². The standard InChI is InChI=1S/C14H28N2O2/c1-4-8-15-12-7-9-16(13(12)18)10-14(5-2,6-3)11-17/h12,15,17H,4-11H2,1-3H3. The number of likely N-dealkylation sites (tertiary alicyclic amines) is 1. The molecule has 0 aliphatic carbocycles. The van der Waals surface area contributed by atoms with Crippen LogP contribution >= 0.6 is 0 Å². The highest BCUT2D eigenvalue weighted by Crippen LogP contribution is 2.28. The second-order valence-electron chi connectivity index (χ2n) is 5.42. The molecule has 0 spiro atoms. The van der Waals surface area contributed by atoms with Crippen LogP contribution < -0.4 is 5.32 Å². The van der Waals surface area contributed by atoms with E-state index in [-0.39, 0.29) is 24.0 Å². The normalized spacial score (nSPS) is 20.8. The van der Waals surface area contributed by atoms with Gasteiger partial charge in [-0.3, -0.25) is 4.79 Å². The molecule has 106 valence electrons. The molecule has 0 aromatic rings. The van der Waals surface area contributed by atoms with Crippen molar-refractivity contribution >= 4 is 5.91 Å². The highest BCUT2D eigenvalue weighted by Gasteiger charge is 2.36. The number of rotatable bonds is 8. The first kappa shape index (κ1) is 15.4. The number of nitrogens with one attached hydrogen (secondary N) is 1. The SMILES string of the molecule is CCCNC1CCN(CC(CC)(CC)CO)C1=O. The first-order valence-electron chi connectivity index (χ1n) is 7.25. The second kappa shape index (κ2) is 7.10. The predicted octanol–water partition coefficient (Wildman–Crippen LogP) is 1.39. The van der Waals surface area contributed by atoms with Gasteiger partial charge in [0.15, 0.2) is 0 Å². The first-order chi connectivity index (χ1) is 8.62. The van der Waals surface area contributed by atoms with Crippen LogP contribution in [0.5, 0.6) is 0 Å². The molecule has 0 aromatic heterocycles. The van der Waals surface area contributed by atoms with Gasteiger partial charge >= 0.3 is 0 Å². The van der Waals surface area contributed by atoms with Gasteiger partial charge in [-0.25, -0.2) is 0 Å². The molecule has 1 heterocycles. The third kappa shape index (κ3) is 3.45. The minimum absolute atomic E-state index is 0.00458. The van der Waals surface area contributed by atoms with E-state index >= 15 is 0 Å². The number of aliphatic hydroxyl groups is 1. The molecule has 0 bridgehead atoms. The number of carbonyl (C=O) groups is 1. The molecule has 0 aromatic carbocycles. The molecule has 1 amide bonds. The zero-order chi connectivity index (χ0) is 13.6. The van der Waals surface area contributed by atoms with Crippen LogP contribution in [0.4, 0.5) is 0 Å². The van der Waals surface area contributed by atoms with Gasteiger partial charge in [0.05, 0.1) is 12.6 Å². The van der Waals surface area contributed by atoms with Gasteiger partial charge in [0.1, 0.15) is 0 Å². The lowest BCUT2D eigenvalue weighted by Crippen LogP contribution is -2.44. The Morgan fingerprint density at radius 3 is 2.56 bits per heavy atom. The molecule has 1 atom stereocenters. The Morgan fingerprint density at radius 1 is 1.39 bits per heavy atom. The third-order valence-electron chi connectivity index (χ3n) is 4.30. The highest BCUT2D eigenvalue weighted by atomic mass is 16.3. The fraction of sp³-hybridized carbons (Fsp3) is 0.929. The van der Waals surface area contributed by atoms with Gasteiger partial charge in [-0.1, -0.05) is 20.8 Å². The van der Waals surface area contributed by atoms with Crippen molar-refractivity contribution < 1.29 is 9.90 Å². The third-order valence-corrected chi connectivity index (χ3v) is 4.30. The summed E-state index contributed by atoms with van der Waals surface area (Å²) in [6, 6.07) is -0.00458. The molecule has 1 aliphatic rings. The van der Waals surface area contributed by atoms with Gasteiger partial charge in [0.25, 0.3) is 0 Å². The Balaban J connectivity index is 2.56. The summed E-state index contributed by atoms with van der Waals surface area (Å²) in [5.74, 6) is 0.211. The number of carbonyl (C=O) groups excluding carboxylic acids is 1. The van der Waals surface area contributed by atoms with Crippen molar-refractivity contribution in [2.75, 3.05) is 26.2 Å². The monoisotopic (exact) mass is 256 g/mol. The topological polar surface area (TPSA) is 52.6 Å². The van der Waals surface area contributed by atoms with Gasteiger partial charge in [0.2, 0.25) is 5.91 Å². The van der Waals surface area contributed by atoms with Gasteiger partial charge < -0.3 is 15.3 Å². The summed E-state index contributed by atoms with van der Waals surface area (Å²) in [7, 11) is 0. The molecule has 1 unspecified atom stereocenters. The molecular weight excluding hydrogens is 228 g/mol. The fourth-order valence-corrected chi connectivity index (χ4v) is 2.56. The average molecular weight is 256 g/mol. The zero-order valence-corrected chi connectivity index (χ0v) is 12.0. The van der Waals surface area contributed by atoms with E-state index in [9.17, 15) is 9.90 Å². The molecule has 1 rings (SSSR count). The van der Waals surface area contributed by atoms with Crippen molar-refractivity contribution in [2.24, 2.45) is 5.41 Å². The van der Waals surface area contributed by atoms with E-state index < -0.39 is 0 Å². The van der Waals surface area contributed by atoms with Crippen molar-refractivity contribution in [3.8, 4) is 0 Å². The van der Waals surface area contributed by atoms with Crippen molar-refractivity contribution in [2.45, 2.75) is 52.5 Å². The lowest BCUT2D eigenvalue weighted by Gasteiger charge is -2.34. The number of hydrogen-bond acceptors (Lipinski definition) is 3.